The maximum atomic E-state index is 12.5. The molecule has 1 saturated heterocycles. The monoisotopic (exact) mass is 345 g/mol. The third-order valence-electron chi connectivity index (χ3n) is 4.13. The molecule has 0 aromatic carbocycles. The van der Waals surface area contributed by atoms with Gasteiger partial charge in [-0.3, -0.25) is 0 Å². The molecule has 0 amide bonds. The largest absolute Gasteiger partial charge is 0.477 e. The van der Waals surface area contributed by atoms with E-state index in [1.807, 2.05) is 0 Å². The minimum atomic E-state index is -3.71. The predicted octanol–water partition coefficient (Wildman–Crippen LogP) is 2.07. The smallest absolute Gasteiger partial charge is 0.345 e. The van der Waals surface area contributed by atoms with Crippen LogP contribution in [0.1, 0.15) is 41.8 Å². The second-order valence-corrected chi connectivity index (χ2v) is 8.47. The molecule has 8 heteroatoms. The topological polar surface area (TPSA) is 92.7 Å². The molecule has 22 heavy (non-hydrogen) atoms. The Labute approximate surface area is 133 Å². The quantitative estimate of drug-likeness (QED) is 0.823. The van der Waals surface area contributed by atoms with Crippen molar-refractivity contribution >= 4 is 27.3 Å². The van der Waals surface area contributed by atoms with E-state index in [-0.39, 0.29) is 21.9 Å². The second-order valence-electron chi connectivity index (χ2n) is 5.84. The Morgan fingerprint density at radius 2 is 2.14 bits per heavy atom. The molecule has 6 nitrogen and oxygen atoms in total. The highest BCUT2D eigenvalue weighted by Gasteiger charge is 2.40. The Hall–Kier alpha value is -0.960. The minimum absolute atomic E-state index is 0.0244. The van der Waals surface area contributed by atoms with Crippen molar-refractivity contribution < 1.29 is 23.1 Å². The number of rotatable bonds is 6. The van der Waals surface area contributed by atoms with Crippen molar-refractivity contribution in [1.29, 1.82) is 0 Å². The summed E-state index contributed by atoms with van der Waals surface area (Å²) in [5, 5.41) is 10.3. The first kappa shape index (κ1) is 15.9. The summed E-state index contributed by atoms with van der Waals surface area (Å²) >= 11 is 0.921. The summed E-state index contributed by atoms with van der Waals surface area (Å²) in [6, 6.07) is 1.000. The number of hydrogen-bond acceptors (Lipinski definition) is 5. The van der Waals surface area contributed by atoms with Gasteiger partial charge < -0.3 is 9.84 Å². The van der Waals surface area contributed by atoms with Gasteiger partial charge in [0.2, 0.25) is 10.0 Å². The van der Waals surface area contributed by atoms with Gasteiger partial charge in [0.05, 0.1) is 17.0 Å². The van der Waals surface area contributed by atoms with Crippen LogP contribution in [0.4, 0.5) is 0 Å². The molecule has 2 N–H and O–H groups in total. The zero-order valence-electron chi connectivity index (χ0n) is 12.0. The van der Waals surface area contributed by atoms with Crippen LogP contribution in [0.5, 0.6) is 0 Å². The van der Waals surface area contributed by atoms with Gasteiger partial charge in [-0.25, -0.2) is 17.9 Å². The van der Waals surface area contributed by atoms with Crippen molar-refractivity contribution in [2.24, 2.45) is 5.92 Å². The molecule has 1 aliphatic heterocycles. The van der Waals surface area contributed by atoms with Gasteiger partial charge >= 0.3 is 5.97 Å². The van der Waals surface area contributed by atoms with E-state index in [9.17, 15) is 13.2 Å². The zero-order chi connectivity index (χ0) is 15.7. The highest BCUT2D eigenvalue weighted by molar-refractivity contribution is 7.89. The molecule has 1 saturated carbocycles. The molecule has 122 valence electrons. The first-order chi connectivity index (χ1) is 10.5. The fourth-order valence-electron chi connectivity index (χ4n) is 2.80. The maximum Gasteiger partial charge on any atom is 0.345 e. The standard InChI is InChI=1S/C14H19NO5S2/c16-14(17)12-7-10(8-21-12)22(18,19)15-13(9-4-5-9)11-3-1-2-6-20-11/h7-9,11,13,15H,1-6H2,(H,16,17). The molecule has 2 fully saturated rings. The first-order valence-electron chi connectivity index (χ1n) is 7.43. The van der Waals surface area contributed by atoms with Gasteiger partial charge in [-0.1, -0.05) is 0 Å². The van der Waals surface area contributed by atoms with E-state index in [1.54, 1.807) is 0 Å². The Morgan fingerprint density at radius 1 is 1.36 bits per heavy atom. The van der Waals surface area contributed by atoms with Gasteiger partial charge in [0.1, 0.15) is 4.88 Å². The van der Waals surface area contributed by atoms with Crippen LogP contribution in [0, 0.1) is 5.92 Å². The van der Waals surface area contributed by atoms with E-state index in [0.29, 0.717) is 12.5 Å². The van der Waals surface area contributed by atoms with E-state index in [2.05, 4.69) is 4.72 Å². The average molecular weight is 345 g/mol. The predicted molar refractivity (Wildman–Crippen MR) is 81.7 cm³/mol. The molecule has 2 unspecified atom stereocenters. The van der Waals surface area contributed by atoms with Crippen LogP contribution in [0.15, 0.2) is 16.3 Å². The lowest BCUT2D eigenvalue weighted by molar-refractivity contribution is -0.00736. The van der Waals surface area contributed by atoms with Crippen LogP contribution in [0.3, 0.4) is 0 Å². The average Bonchev–Trinajstić information content (AvgIpc) is 3.20. The van der Waals surface area contributed by atoms with E-state index in [1.165, 1.54) is 11.4 Å². The Kier molecular flexibility index (Phi) is 4.54. The summed E-state index contributed by atoms with van der Waals surface area (Å²) in [6.45, 7) is 0.678. The Balaban J connectivity index is 1.76. The molecule has 1 aromatic rings. The van der Waals surface area contributed by atoms with Crippen LogP contribution in [0.25, 0.3) is 0 Å². The molecule has 2 atom stereocenters. The van der Waals surface area contributed by atoms with Crippen molar-refractivity contribution in [2.75, 3.05) is 6.61 Å². The lowest BCUT2D eigenvalue weighted by Crippen LogP contribution is -2.47. The number of carboxylic acids is 1. The van der Waals surface area contributed by atoms with Crippen LogP contribution in [-0.2, 0) is 14.8 Å². The lowest BCUT2D eigenvalue weighted by atomic mass is 9.99. The summed E-state index contributed by atoms with van der Waals surface area (Å²) in [4.78, 5) is 11.0. The Morgan fingerprint density at radius 3 is 2.68 bits per heavy atom. The number of thiophene rings is 1. The maximum absolute atomic E-state index is 12.5. The second kappa shape index (κ2) is 6.27. The van der Waals surface area contributed by atoms with E-state index in [4.69, 9.17) is 9.84 Å². The van der Waals surface area contributed by atoms with Gasteiger partial charge in [-0.15, -0.1) is 11.3 Å². The van der Waals surface area contributed by atoms with Gasteiger partial charge in [-0.05, 0) is 44.1 Å². The van der Waals surface area contributed by atoms with E-state index >= 15 is 0 Å². The third-order valence-corrected chi connectivity index (χ3v) is 6.64. The molecule has 0 radical (unpaired) electrons. The van der Waals surface area contributed by atoms with E-state index < -0.39 is 16.0 Å². The Bertz CT molecular complexity index is 644. The third kappa shape index (κ3) is 3.51. The van der Waals surface area contributed by atoms with Gasteiger partial charge in [0, 0.05) is 12.0 Å². The number of carboxylic acid groups (broad SMARTS) is 1. The normalized spacial score (nSPS) is 24.1. The molecule has 2 heterocycles. The highest BCUT2D eigenvalue weighted by Crippen LogP contribution is 2.37. The summed E-state index contributed by atoms with van der Waals surface area (Å²) in [6.07, 6.45) is 4.89. The minimum Gasteiger partial charge on any atom is -0.477 e. The fourth-order valence-corrected chi connectivity index (χ4v) is 5.24. The van der Waals surface area contributed by atoms with Gasteiger partial charge in [0.25, 0.3) is 0 Å². The van der Waals surface area contributed by atoms with Gasteiger partial charge in [0.15, 0.2) is 0 Å². The summed E-state index contributed by atoms with van der Waals surface area (Å²) in [5.41, 5.74) is 0. The summed E-state index contributed by atoms with van der Waals surface area (Å²) in [5.74, 6) is -0.781. The number of nitrogens with one attached hydrogen (secondary N) is 1. The zero-order valence-corrected chi connectivity index (χ0v) is 13.7. The van der Waals surface area contributed by atoms with Crippen LogP contribution >= 0.6 is 11.3 Å². The lowest BCUT2D eigenvalue weighted by Gasteiger charge is -2.31. The van der Waals surface area contributed by atoms with Crippen molar-refractivity contribution in [2.45, 2.75) is 49.1 Å². The number of aromatic carboxylic acids is 1. The molecule has 1 aliphatic carbocycles. The molecule has 3 rings (SSSR count). The fraction of sp³-hybridized carbons (Fsp3) is 0.643. The van der Waals surface area contributed by atoms with Crippen molar-refractivity contribution in [1.82, 2.24) is 4.72 Å². The highest BCUT2D eigenvalue weighted by atomic mass is 32.2. The van der Waals surface area contributed by atoms with Crippen molar-refractivity contribution in [3.05, 3.63) is 16.3 Å². The molecule has 0 bridgehead atoms. The SMILES string of the molecule is O=C(O)c1cc(S(=O)(=O)NC(C2CC2)C2CCCCO2)cs1. The number of ether oxygens (including phenoxy) is 1. The molecule has 2 aliphatic rings. The molecular weight excluding hydrogens is 326 g/mol. The van der Waals surface area contributed by atoms with Gasteiger partial charge in [-0.2, -0.15) is 0 Å². The van der Waals surface area contributed by atoms with Crippen LogP contribution < -0.4 is 4.72 Å². The van der Waals surface area contributed by atoms with Crippen molar-refractivity contribution in [3.63, 3.8) is 0 Å². The van der Waals surface area contributed by atoms with Crippen LogP contribution in [0.2, 0.25) is 0 Å². The van der Waals surface area contributed by atoms with Crippen LogP contribution in [-0.4, -0.2) is 38.2 Å². The number of hydrogen-bond donors (Lipinski definition) is 2. The van der Waals surface area contributed by atoms with Crippen molar-refractivity contribution in [3.8, 4) is 0 Å². The molecular formula is C14H19NO5S2. The summed E-state index contributed by atoms with van der Waals surface area (Å²) < 4.78 is 33.5. The number of carbonyl (C=O) groups is 1. The summed E-state index contributed by atoms with van der Waals surface area (Å²) in [7, 11) is -3.71. The van der Waals surface area contributed by atoms with E-state index in [0.717, 1.165) is 43.4 Å². The number of sulfonamides is 1. The molecule has 0 spiro atoms. The first-order valence-corrected chi connectivity index (χ1v) is 9.79. The molecule has 1 aromatic heterocycles.